The number of hydrogen-bond acceptors (Lipinski definition) is 3. The number of ether oxygens (including phenoxy) is 1. The van der Waals surface area contributed by atoms with E-state index in [1.807, 2.05) is 36.1 Å². The number of benzene rings is 1. The quantitative estimate of drug-likeness (QED) is 0.924. The highest BCUT2D eigenvalue weighted by atomic mass is 16.5. The third-order valence-electron chi connectivity index (χ3n) is 6.12. The van der Waals surface area contributed by atoms with Crippen LogP contribution in [0.1, 0.15) is 56.9 Å². The summed E-state index contributed by atoms with van der Waals surface area (Å²) < 4.78 is 5.27. The Morgan fingerprint density at radius 1 is 1.25 bits per heavy atom. The Bertz CT molecular complexity index is 568. The maximum absolute atomic E-state index is 12.9. The van der Waals surface area contributed by atoms with Crippen molar-refractivity contribution < 1.29 is 14.6 Å². The van der Waals surface area contributed by atoms with Crippen molar-refractivity contribution in [3.05, 3.63) is 29.8 Å². The smallest absolute Gasteiger partial charge is 0.229 e. The molecule has 1 aliphatic carbocycles. The zero-order chi connectivity index (χ0) is 17.2. The molecule has 1 aromatic carbocycles. The molecule has 132 valence electrons. The first-order chi connectivity index (χ1) is 11.5. The van der Waals surface area contributed by atoms with Gasteiger partial charge in [-0.2, -0.15) is 0 Å². The van der Waals surface area contributed by atoms with Crippen LogP contribution < -0.4 is 4.74 Å². The van der Waals surface area contributed by atoms with E-state index in [0.29, 0.717) is 5.41 Å². The van der Waals surface area contributed by atoms with E-state index < -0.39 is 0 Å². The summed E-state index contributed by atoms with van der Waals surface area (Å²) in [6, 6.07) is 7.80. The minimum Gasteiger partial charge on any atom is -0.497 e. The molecule has 4 nitrogen and oxygen atoms in total. The van der Waals surface area contributed by atoms with Gasteiger partial charge in [0.05, 0.1) is 19.1 Å². The second kappa shape index (κ2) is 7.14. The van der Waals surface area contributed by atoms with Gasteiger partial charge in [0, 0.05) is 13.1 Å². The number of likely N-dealkylation sites (tertiary alicyclic amines) is 1. The number of rotatable bonds is 3. The molecular formula is C20H29NO3. The van der Waals surface area contributed by atoms with E-state index in [1.165, 1.54) is 0 Å². The first-order valence-corrected chi connectivity index (χ1v) is 9.14. The Labute approximate surface area is 144 Å². The molecule has 0 radical (unpaired) electrons. The van der Waals surface area contributed by atoms with E-state index in [9.17, 15) is 9.90 Å². The molecule has 3 rings (SSSR count). The number of aliphatic hydroxyl groups excluding tert-OH is 1. The van der Waals surface area contributed by atoms with Gasteiger partial charge in [0.1, 0.15) is 5.75 Å². The minimum absolute atomic E-state index is 0.108. The third kappa shape index (κ3) is 3.59. The highest BCUT2D eigenvalue weighted by Crippen LogP contribution is 2.44. The summed E-state index contributed by atoms with van der Waals surface area (Å²) in [4.78, 5) is 14.9. The van der Waals surface area contributed by atoms with Crippen LogP contribution >= 0.6 is 0 Å². The molecule has 1 aromatic rings. The lowest BCUT2D eigenvalue weighted by molar-refractivity contribution is -0.135. The van der Waals surface area contributed by atoms with Gasteiger partial charge in [-0.05, 0) is 68.6 Å². The highest BCUT2D eigenvalue weighted by molar-refractivity contribution is 5.83. The van der Waals surface area contributed by atoms with Crippen LogP contribution in [0, 0.1) is 5.41 Å². The van der Waals surface area contributed by atoms with Crippen LogP contribution in [0.2, 0.25) is 0 Å². The number of piperidine rings is 1. The monoisotopic (exact) mass is 331 g/mol. The van der Waals surface area contributed by atoms with Gasteiger partial charge in [-0.3, -0.25) is 4.79 Å². The SMILES string of the molecule is COc1cccc(C(C)C(=O)N2CCC3(CCC(O)CC3)CC2)c1. The molecule has 1 spiro atoms. The number of carbonyl (C=O) groups excluding carboxylic acids is 1. The summed E-state index contributed by atoms with van der Waals surface area (Å²) in [5.41, 5.74) is 1.38. The lowest BCUT2D eigenvalue weighted by Gasteiger charge is -2.45. The summed E-state index contributed by atoms with van der Waals surface area (Å²) in [6.07, 6.45) is 6.13. The summed E-state index contributed by atoms with van der Waals surface area (Å²) >= 11 is 0. The molecule has 4 heteroatoms. The van der Waals surface area contributed by atoms with Crippen molar-refractivity contribution in [2.24, 2.45) is 5.41 Å². The number of aliphatic hydroxyl groups is 1. The van der Waals surface area contributed by atoms with E-state index >= 15 is 0 Å². The lowest BCUT2D eigenvalue weighted by Crippen LogP contribution is -2.46. The Balaban J connectivity index is 1.60. The predicted molar refractivity (Wildman–Crippen MR) is 94.1 cm³/mol. The first kappa shape index (κ1) is 17.3. The van der Waals surface area contributed by atoms with Gasteiger partial charge in [-0.15, -0.1) is 0 Å². The van der Waals surface area contributed by atoms with Gasteiger partial charge in [-0.25, -0.2) is 0 Å². The molecule has 1 unspecified atom stereocenters. The van der Waals surface area contributed by atoms with Crippen LogP contribution in [0.5, 0.6) is 5.75 Å². The van der Waals surface area contributed by atoms with Crippen molar-refractivity contribution in [2.45, 2.75) is 57.5 Å². The zero-order valence-corrected chi connectivity index (χ0v) is 14.8. The topological polar surface area (TPSA) is 49.8 Å². The number of amides is 1. The normalized spacial score (nSPS) is 22.4. The fraction of sp³-hybridized carbons (Fsp3) is 0.650. The van der Waals surface area contributed by atoms with Crippen molar-refractivity contribution in [2.75, 3.05) is 20.2 Å². The average Bonchev–Trinajstić information content (AvgIpc) is 2.64. The van der Waals surface area contributed by atoms with Gasteiger partial charge in [-0.1, -0.05) is 12.1 Å². The molecule has 2 aliphatic rings. The molecular weight excluding hydrogens is 302 g/mol. The minimum atomic E-state index is -0.137. The molecule has 1 heterocycles. The lowest BCUT2D eigenvalue weighted by atomic mass is 9.67. The Morgan fingerprint density at radius 2 is 1.92 bits per heavy atom. The molecule has 0 aromatic heterocycles. The second-order valence-corrected chi connectivity index (χ2v) is 7.55. The van der Waals surface area contributed by atoms with Crippen LogP contribution in [0.15, 0.2) is 24.3 Å². The summed E-state index contributed by atoms with van der Waals surface area (Å²) in [5.74, 6) is 0.877. The molecule has 1 aliphatic heterocycles. The average molecular weight is 331 g/mol. The van der Waals surface area contributed by atoms with E-state index in [2.05, 4.69) is 0 Å². The van der Waals surface area contributed by atoms with Crippen molar-refractivity contribution in [1.29, 1.82) is 0 Å². The van der Waals surface area contributed by atoms with Crippen LogP contribution in [-0.4, -0.2) is 42.2 Å². The van der Waals surface area contributed by atoms with Crippen molar-refractivity contribution >= 4 is 5.91 Å². The summed E-state index contributed by atoms with van der Waals surface area (Å²) in [5, 5.41) is 9.73. The van der Waals surface area contributed by atoms with E-state index in [0.717, 1.165) is 62.9 Å². The van der Waals surface area contributed by atoms with E-state index in [4.69, 9.17) is 4.74 Å². The Morgan fingerprint density at radius 3 is 2.54 bits per heavy atom. The molecule has 1 N–H and O–H groups in total. The zero-order valence-electron chi connectivity index (χ0n) is 14.8. The maximum atomic E-state index is 12.9. The fourth-order valence-electron chi connectivity index (χ4n) is 4.24. The Kier molecular flexibility index (Phi) is 5.14. The Hall–Kier alpha value is -1.55. The van der Waals surface area contributed by atoms with Crippen LogP contribution in [0.4, 0.5) is 0 Å². The van der Waals surface area contributed by atoms with E-state index in [1.54, 1.807) is 7.11 Å². The number of hydrogen-bond donors (Lipinski definition) is 1. The summed E-state index contributed by atoms with van der Waals surface area (Å²) in [7, 11) is 1.65. The van der Waals surface area contributed by atoms with Crippen molar-refractivity contribution in [3.63, 3.8) is 0 Å². The standard InChI is InChI=1S/C20H29NO3/c1-15(16-4-3-5-18(14-16)24-2)19(23)21-12-10-20(11-13-21)8-6-17(22)7-9-20/h3-5,14-15,17,22H,6-13H2,1-2H3. The largest absolute Gasteiger partial charge is 0.497 e. The first-order valence-electron chi connectivity index (χ1n) is 9.14. The van der Waals surface area contributed by atoms with Crippen LogP contribution in [0.3, 0.4) is 0 Å². The highest BCUT2D eigenvalue weighted by Gasteiger charge is 2.39. The van der Waals surface area contributed by atoms with Crippen molar-refractivity contribution in [1.82, 2.24) is 4.90 Å². The molecule has 1 saturated carbocycles. The second-order valence-electron chi connectivity index (χ2n) is 7.55. The molecule has 0 bridgehead atoms. The number of carbonyl (C=O) groups is 1. The molecule has 1 amide bonds. The number of nitrogens with zero attached hydrogens (tertiary/aromatic N) is 1. The molecule has 24 heavy (non-hydrogen) atoms. The van der Waals surface area contributed by atoms with Gasteiger partial charge in [0.15, 0.2) is 0 Å². The van der Waals surface area contributed by atoms with Gasteiger partial charge in [0.2, 0.25) is 5.91 Å². The van der Waals surface area contributed by atoms with Gasteiger partial charge < -0.3 is 14.7 Å². The molecule has 1 atom stereocenters. The summed E-state index contributed by atoms with van der Waals surface area (Å²) in [6.45, 7) is 3.69. The fourth-order valence-corrected chi connectivity index (χ4v) is 4.24. The number of methoxy groups -OCH3 is 1. The predicted octanol–water partition coefficient (Wildman–Crippen LogP) is 3.34. The van der Waals surface area contributed by atoms with Crippen LogP contribution in [-0.2, 0) is 4.79 Å². The van der Waals surface area contributed by atoms with Crippen LogP contribution in [0.25, 0.3) is 0 Å². The third-order valence-corrected chi connectivity index (χ3v) is 6.12. The molecule has 1 saturated heterocycles. The molecule has 2 fully saturated rings. The van der Waals surface area contributed by atoms with E-state index in [-0.39, 0.29) is 17.9 Å². The van der Waals surface area contributed by atoms with Gasteiger partial charge >= 0.3 is 0 Å². The van der Waals surface area contributed by atoms with Gasteiger partial charge in [0.25, 0.3) is 0 Å². The van der Waals surface area contributed by atoms with Crippen molar-refractivity contribution in [3.8, 4) is 5.75 Å². The maximum Gasteiger partial charge on any atom is 0.229 e.